The lowest BCUT2D eigenvalue weighted by Crippen LogP contribution is -2.57. The first-order valence-electron chi connectivity index (χ1n) is 8.71. The number of carboxylic acids is 1. The number of morpholine rings is 1. The summed E-state index contributed by atoms with van der Waals surface area (Å²) in [6.07, 6.45) is -0.375. The van der Waals surface area contributed by atoms with E-state index < -0.39 is 23.5 Å². The van der Waals surface area contributed by atoms with Crippen molar-refractivity contribution in [3.05, 3.63) is 29.6 Å². The molecule has 2 aliphatic heterocycles. The zero-order valence-electron chi connectivity index (χ0n) is 14.7. The molecule has 7 nitrogen and oxygen atoms in total. The molecule has 1 aromatic rings. The average molecular weight is 366 g/mol. The standard InChI is InChI=1S/C18H23FN2O5/c1-12-2-3-13(19)14(10-12)26-18(17(23)24)4-7-21(8-5-18)16(22)15-11-20-6-9-25-15/h2-3,10,15,20H,4-9,11H2,1H3,(H,23,24)/t15-/m1/s1. The maximum atomic E-state index is 14.0. The maximum absolute atomic E-state index is 14.0. The van der Waals surface area contributed by atoms with Crippen molar-refractivity contribution in [2.45, 2.75) is 31.5 Å². The van der Waals surface area contributed by atoms with E-state index in [9.17, 15) is 19.1 Å². The van der Waals surface area contributed by atoms with Gasteiger partial charge in [0.15, 0.2) is 11.6 Å². The summed E-state index contributed by atoms with van der Waals surface area (Å²) in [5, 5.41) is 12.8. The number of carbonyl (C=O) groups is 2. The van der Waals surface area contributed by atoms with E-state index in [2.05, 4.69) is 5.32 Å². The van der Waals surface area contributed by atoms with Crippen LogP contribution in [0.4, 0.5) is 4.39 Å². The van der Waals surface area contributed by atoms with Crippen LogP contribution in [0.1, 0.15) is 18.4 Å². The molecule has 0 saturated carbocycles. The summed E-state index contributed by atoms with van der Waals surface area (Å²) in [7, 11) is 0. The number of carboxylic acid groups (broad SMARTS) is 1. The molecule has 1 aromatic carbocycles. The van der Waals surface area contributed by atoms with Crippen molar-refractivity contribution in [1.29, 1.82) is 0 Å². The lowest BCUT2D eigenvalue weighted by atomic mass is 9.90. The minimum absolute atomic E-state index is 0.0769. The highest BCUT2D eigenvalue weighted by molar-refractivity contribution is 5.83. The number of likely N-dealkylation sites (tertiary alicyclic amines) is 1. The summed E-state index contributed by atoms with van der Waals surface area (Å²) >= 11 is 0. The third-order valence-corrected chi connectivity index (χ3v) is 4.87. The Morgan fingerprint density at radius 1 is 1.38 bits per heavy atom. The smallest absolute Gasteiger partial charge is 0.348 e. The van der Waals surface area contributed by atoms with Gasteiger partial charge in [0.25, 0.3) is 5.91 Å². The van der Waals surface area contributed by atoms with Crippen LogP contribution < -0.4 is 10.1 Å². The van der Waals surface area contributed by atoms with Crippen LogP contribution in [-0.4, -0.2) is 66.4 Å². The Labute approximate surface area is 151 Å². The second kappa shape index (κ2) is 7.59. The van der Waals surface area contributed by atoms with E-state index in [-0.39, 0.29) is 37.6 Å². The van der Waals surface area contributed by atoms with Crippen LogP contribution in [0, 0.1) is 12.7 Å². The van der Waals surface area contributed by atoms with Gasteiger partial charge in [0.05, 0.1) is 6.61 Å². The van der Waals surface area contributed by atoms with Crippen molar-refractivity contribution in [3.8, 4) is 5.75 Å². The van der Waals surface area contributed by atoms with E-state index in [1.807, 2.05) is 0 Å². The van der Waals surface area contributed by atoms with Gasteiger partial charge in [-0.15, -0.1) is 0 Å². The van der Waals surface area contributed by atoms with Gasteiger partial charge in [0, 0.05) is 39.0 Å². The zero-order chi connectivity index (χ0) is 18.7. The Kier molecular flexibility index (Phi) is 5.43. The van der Waals surface area contributed by atoms with E-state index in [0.29, 0.717) is 19.7 Å². The fraction of sp³-hybridized carbons (Fsp3) is 0.556. The molecular weight excluding hydrogens is 343 g/mol. The molecule has 142 valence electrons. The van der Waals surface area contributed by atoms with Crippen LogP contribution in [0.2, 0.25) is 0 Å². The molecule has 2 fully saturated rings. The van der Waals surface area contributed by atoms with Gasteiger partial charge >= 0.3 is 5.97 Å². The Hall–Kier alpha value is -2.19. The summed E-state index contributed by atoms with van der Waals surface area (Å²) < 4.78 is 25.1. The molecule has 2 heterocycles. The zero-order valence-corrected chi connectivity index (χ0v) is 14.7. The van der Waals surface area contributed by atoms with Crippen molar-refractivity contribution < 1.29 is 28.6 Å². The number of hydrogen-bond donors (Lipinski definition) is 2. The molecule has 3 rings (SSSR count). The molecule has 1 amide bonds. The topological polar surface area (TPSA) is 88.1 Å². The molecule has 0 aliphatic carbocycles. The molecule has 0 aromatic heterocycles. The van der Waals surface area contributed by atoms with Crippen molar-refractivity contribution in [2.24, 2.45) is 0 Å². The lowest BCUT2D eigenvalue weighted by Gasteiger charge is -2.40. The van der Waals surface area contributed by atoms with Crippen LogP contribution in [-0.2, 0) is 14.3 Å². The quantitative estimate of drug-likeness (QED) is 0.825. The predicted octanol–water partition coefficient (Wildman–Crippen LogP) is 0.947. The van der Waals surface area contributed by atoms with Crippen LogP contribution >= 0.6 is 0 Å². The first-order chi connectivity index (χ1) is 12.4. The summed E-state index contributed by atoms with van der Waals surface area (Å²) in [5.74, 6) is -1.98. The van der Waals surface area contributed by atoms with Gasteiger partial charge < -0.3 is 24.8 Å². The fourth-order valence-electron chi connectivity index (χ4n) is 3.27. The lowest BCUT2D eigenvalue weighted by molar-refractivity contribution is -0.164. The molecule has 0 bridgehead atoms. The van der Waals surface area contributed by atoms with E-state index in [4.69, 9.17) is 9.47 Å². The first-order valence-corrected chi connectivity index (χ1v) is 8.71. The van der Waals surface area contributed by atoms with Gasteiger partial charge in [-0.2, -0.15) is 0 Å². The number of aryl methyl sites for hydroxylation is 1. The second-order valence-electron chi connectivity index (χ2n) is 6.72. The SMILES string of the molecule is Cc1ccc(F)c(OC2(C(=O)O)CCN(C(=O)[C@H]3CNCCO3)CC2)c1. The number of carbonyl (C=O) groups excluding carboxylic acids is 1. The Morgan fingerprint density at radius 2 is 2.12 bits per heavy atom. The number of hydrogen-bond acceptors (Lipinski definition) is 5. The molecule has 2 saturated heterocycles. The van der Waals surface area contributed by atoms with Gasteiger partial charge in [0.2, 0.25) is 5.60 Å². The number of ether oxygens (including phenoxy) is 2. The summed E-state index contributed by atoms with van der Waals surface area (Å²) in [5.41, 5.74) is -0.770. The predicted molar refractivity (Wildman–Crippen MR) is 90.6 cm³/mol. The Morgan fingerprint density at radius 3 is 2.73 bits per heavy atom. The minimum Gasteiger partial charge on any atom is -0.478 e. The Bertz CT molecular complexity index is 682. The second-order valence-corrected chi connectivity index (χ2v) is 6.72. The fourth-order valence-corrected chi connectivity index (χ4v) is 3.27. The van der Waals surface area contributed by atoms with E-state index in [0.717, 1.165) is 5.56 Å². The highest BCUT2D eigenvalue weighted by Gasteiger charge is 2.46. The highest BCUT2D eigenvalue weighted by Crippen LogP contribution is 2.31. The number of piperidine rings is 1. The average Bonchev–Trinajstić information content (AvgIpc) is 2.65. The van der Waals surface area contributed by atoms with Gasteiger partial charge in [-0.05, 0) is 24.6 Å². The van der Waals surface area contributed by atoms with Gasteiger partial charge in [-0.1, -0.05) is 6.07 Å². The number of benzene rings is 1. The van der Waals surface area contributed by atoms with E-state index in [1.54, 1.807) is 17.9 Å². The number of halogens is 1. The number of aliphatic carboxylic acids is 1. The Balaban J connectivity index is 1.69. The van der Waals surface area contributed by atoms with Crippen LogP contribution in [0.5, 0.6) is 5.75 Å². The van der Waals surface area contributed by atoms with Crippen molar-refractivity contribution >= 4 is 11.9 Å². The van der Waals surface area contributed by atoms with Crippen molar-refractivity contribution in [2.75, 3.05) is 32.8 Å². The molecule has 2 aliphatic rings. The van der Waals surface area contributed by atoms with Crippen LogP contribution in [0.3, 0.4) is 0 Å². The van der Waals surface area contributed by atoms with Gasteiger partial charge in [0.1, 0.15) is 6.10 Å². The van der Waals surface area contributed by atoms with E-state index >= 15 is 0 Å². The molecule has 2 N–H and O–H groups in total. The molecule has 8 heteroatoms. The van der Waals surface area contributed by atoms with E-state index in [1.165, 1.54) is 12.1 Å². The molecule has 0 radical (unpaired) electrons. The molecule has 0 unspecified atom stereocenters. The highest BCUT2D eigenvalue weighted by atomic mass is 19.1. The number of amides is 1. The summed E-state index contributed by atoms with van der Waals surface area (Å²) in [4.78, 5) is 26.0. The van der Waals surface area contributed by atoms with Crippen LogP contribution in [0.15, 0.2) is 18.2 Å². The van der Waals surface area contributed by atoms with Gasteiger partial charge in [-0.3, -0.25) is 4.79 Å². The molecule has 0 spiro atoms. The van der Waals surface area contributed by atoms with Crippen molar-refractivity contribution in [3.63, 3.8) is 0 Å². The van der Waals surface area contributed by atoms with Gasteiger partial charge in [-0.25, -0.2) is 9.18 Å². The molecule has 1 atom stereocenters. The van der Waals surface area contributed by atoms with Crippen molar-refractivity contribution in [1.82, 2.24) is 10.2 Å². The van der Waals surface area contributed by atoms with Crippen LogP contribution in [0.25, 0.3) is 0 Å². The number of rotatable bonds is 4. The minimum atomic E-state index is -1.54. The number of nitrogens with zero attached hydrogens (tertiary/aromatic N) is 1. The summed E-state index contributed by atoms with van der Waals surface area (Å²) in [6, 6.07) is 4.33. The first kappa shape index (κ1) is 18.6. The molecular formula is C18H23FN2O5. The summed E-state index contributed by atoms with van der Waals surface area (Å²) in [6.45, 7) is 3.85. The third-order valence-electron chi connectivity index (χ3n) is 4.87. The normalized spacial score (nSPS) is 22.7. The monoisotopic (exact) mass is 366 g/mol. The maximum Gasteiger partial charge on any atom is 0.348 e. The largest absolute Gasteiger partial charge is 0.478 e. The third kappa shape index (κ3) is 3.81. The molecule has 26 heavy (non-hydrogen) atoms. The number of nitrogens with one attached hydrogen (secondary N) is 1.